The topological polar surface area (TPSA) is 134 Å². The number of nitrogens with zero attached hydrogens (tertiary/aromatic N) is 1. The highest BCUT2D eigenvalue weighted by Crippen LogP contribution is 2.65. The first kappa shape index (κ1) is 35.0. The molecule has 0 aromatic carbocycles. The second-order valence-corrected chi connectivity index (χ2v) is 15.2. The van der Waals surface area contributed by atoms with Crippen molar-refractivity contribution in [2.45, 2.75) is 142 Å². The fourth-order valence-electron chi connectivity index (χ4n) is 7.80. The molecule has 1 saturated heterocycles. The summed E-state index contributed by atoms with van der Waals surface area (Å²) >= 11 is 0. The number of Topliss-reactive ketones (excluding diaryl/α,β-unsaturated/α-hetero) is 1. The zero-order chi connectivity index (χ0) is 32.9. The van der Waals surface area contributed by atoms with Crippen LogP contribution in [0.1, 0.15) is 119 Å². The molecule has 0 spiro atoms. The number of fused-ring (bicyclic) bond motifs is 1. The maximum absolute atomic E-state index is 14.3. The molecule has 3 fully saturated rings. The fraction of sp³-hybridized carbons (Fsp3) is 0.800. The molecule has 0 aromatic heterocycles. The summed E-state index contributed by atoms with van der Waals surface area (Å²) in [7, 11) is 0. The zero-order valence-corrected chi connectivity index (χ0v) is 28.3. The molecule has 2 saturated carbocycles. The summed E-state index contributed by atoms with van der Waals surface area (Å²) in [6.45, 7) is 12.3. The maximum atomic E-state index is 14.3. The molecule has 3 N–H and O–H groups in total. The molecule has 3 aliphatic carbocycles. The Morgan fingerprint density at radius 1 is 1.02 bits per heavy atom. The number of ether oxygens (including phenoxy) is 1. The van der Waals surface area contributed by atoms with Crippen LogP contribution < -0.4 is 16.0 Å². The number of hydrogen-bond donors (Lipinski definition) is 3. The summed E-state index contributed by atoms with van der Waals surface area (Å²) in [4.78, 5) is 68.9. The third-order valence-corrected chi connectivity index (χ3v) is 10.4. The Hall–Kier alpha value is -2.91. The van der Waals surface area contributed by atoms with Gasteiger partial charge in [0.05, 0.1) is 6.04 Å². The van der Waals surface area contributed by atoms with Gasteiger partial charge in [0.1, 0.15) is 17.7 Å². The van der Waals surface area contributed by atoms with Crippen molar-refractivity contribution in [2.24, 2.45) is 23.2 Å². The van der Waals surface area contributed by atoms with E-state index in [0.717, 1.165) is 57.8 Å². The van der Waals surface area contributed by atoms with E-state index in [0.29, 0.717) is 25.9 Å². The minimum absolute atomic E-state index is 0.0464. The van der Waals surface area contributed by atoms with Crippen LogP contribution in [0, 0.1) is 23.2 Å². The molecule has 252 valence electrons. The average Bonchev–Trinajstić information content (AvgIpc) is 3.30. The van der Waals surface area contributed by atoms with Crippen LogP contribution in [0.3, 0.4) is 0 Å². The van der Waals surface area contributed by atoms with Crippen LogP contribution in [0.15, 0.2) is 11.6 Å². The van der Waals surface area contributed by atoms with E-state index >= 15 is 0 Å². The number of likely N-dealkylation sites (tertiary alicyclic amines) is 1. The predicted octanol–water partition coefficient (Wildman–Crippen LogP) is 4.80. The van der Waals surface area contributed by atoms with Gasteiger partial charge in [0, 0.05) is 13.1 Å². The molecular formula is C35H56N4O6. The summed E-state index contributed by atoms with van der Waals surface area (Å²) in [6, 6.07) is -2.55. The Kier molecular flexibility index (Phi) is 11.4. The molecule has 10 heteroatoms. The summed E-state index contributed by atoms with van der Waals surface area (Å²) < 4.78 is 5.52. The fourth-order valence-corrected chi connectivity index (χ4v) is 7.80. The van der Waals surface area contributed by atoms with E-state index < -0.39 is 47.4 Å². The summed E-state index contributed by atoms with van der Waals surface area (Å²) in [6.07, 6.45) is 12.3. The van der Waals surface area contributed by atoms with Gasteiger partial charge in [-0.2, -0.15) is 0 Å². The number of allylic oxidation sites excluding steroid dienone is 1. The largest absolute Gasteiger partial charge is 0.444 e. The minimum Gasteiger partial charge on any atom is -0.444 e. The smallest absolute Gasteiger partial charge is 0.408 e. The molecule has 4 amide bonds. The molecule has 1 aliphatic heterocycles. The van der Waals surface area contributed by atoms with Crippen LogP contribution in [-0.4, -0.2) is 71.3 Å². The van der Waals surface area contributed by atoms with Crippen molar-refractivity contribution in [2.75, 3.05) is 13.1 Å². The van der Waals surface area contributed by atoms with Crippen molar-refractivity contribution in [1.82, 2.24) is 20.9 Å². The zero-order valence-electron chi connectivity index (χ0n) is 28.3. The second kappa shape index (κ2) is 14.7. The highest BCUT2D eigenvalue weighted by Gasteiger charge is 2.69. The van der Waals surface area contributed by atoms with E-state index in [1.54, 1.807) is 25.7 Å². The highest BCUT2D eigenvalue weighted by atomic mass is 16.6. The Morgan fingerprint density at radius 2 is 1.73 bits per heavy atom. The van der Waals surface area contributed by atoms with Gasteiger partial charge in [0.25, 0.3) is 5.91 Å². The van der Waals surface area contributed by atoms with Crippen LogP contribution in [0.25, 0.3) is 0 Å². The summed E-state index contributed by atoms with van der Waals surface area (Å²) in [5.41, 5.74) is 0.465. The molecule has 45 heavy (non-hydrogen) atoms. The highest BCUT2D eigenvalue weighted by molar-refractivity contribution is 6.38. The van der Waals surface area contributed by atoms with Gasteiger partial charge < -0.3 is 25.6 Å². The van der Waals surface area contributed by atoms with Crippen LogP contribution in [0.5, 0.6) is 0 Å². The third kappa shape index (κ3) is 8.67. The van der Waals surface area contributed by atoms with Gasteiger partial charge in [-0.15, -0.1) is 0 Å². The number of ketones is 1. The number of carbonyl (C=O) groups is 5. The normalized spacial score (nSPS) is 25.7. The first-order valence-corrected chi connectivity index (χ1v) is 17.3. The molecule has 1 heterocycles. The van der Waals surface area contributed by atoms with E-state index in [1.165, 1.54) is 12.0 Å². The van der Waals surface area contributed by atoms with E-state index in [4.69, 9.17) is 4.74 Å². The lowest BCUT2D eigenvalue weighted by Gasteiger charge is -2.37. The molecule has 4 rings (SSSR count). The second-order valence-electron chi connectivity index (χ2n) is 15.2. The first-order valence-electron chi connectivity index (χ1n) is 17.3. The van der Waals surface area contributed by atoms with Gasteiger partial charge in [-0.1, -0.05) is 58.1 Å². The number of alkyl carbamates (subject to hydrolysis) is 1. The van der Waals surface area contributed by atoms with Gasteiger partial charge >= 0.3 is 6.09 Å². The van der Waals surface area contributed by atoms with E-state index in [9.17, 15) is 24.0 Å². The SMILES string of the molecule is CCCC(NC(=O)[C@@H]1C2C(CN1C(=O)[C@@H](NC(=O)OC(C)(C)C)C1CCCCC1)C2(C)C)C(=O)C(=O)NCCC1=CCCCC1. The first-order chi connectivity index (χ1) is 21.2. The molecular weight excluding hydrogens is 572 g/mol. The number of hydrogen-bond acceptors (Lipinski definition) is 6. The number of amides is 4. The summed E-state index contributed by atoms with van der Waals surface area (Å²) in [5, 5.41) is 8.51. The number of rotatable bonds is 12. The number of nitrogens with one attached hydrogen (secondary N) is 3. The van der Waals surface area contributed by atoms with Crippen molar-refractivity contribution in [3.05, 3.63) is 11.6 Å². The molecule has 3 unspecified atom stereocenters. The lowest BCUT2D eigenvalue weighted by molar-refractivity contribution is -0.145. The molecule has 4 aliphatic rings. The van der Waals surface area contributed by atoms with Crippen molar-refractivity contribution in [3.8, 4) is 0 Å². The van der Waals surface area contributed by atoms with E-state index in [1.807, 2.05) is 6.92 Å². The Balaban J connectivity index is 1.47. The van der Waals surface area contributed by atoms with Gasteiger partial charge in [-0.25, -0.2) is 4.79 Å². The lowest BCUT2D eigenvalue weighted by Crippen LogP contribution is -2.59. The molecule has 10 nitrogen and oxygen atoms in total. The average molecular weight is 629 g/mol. The summed E-state index contributed by atoms with van der Waals surface area (Å²) in [5.74, 6) is -1.99. The standard InChI is InChI=1S/C35H56N4O6/c1-7-14-25(29(40)31(42)36-20-19-22-15-10-8-11-16-22)37-30(41)28-26-24(35(26,5)6)21-39(28)32(43)27(23-17-12-9-13-18-23)38-33(44)45-34(2,3)4/h15,23-28H,7-14,16-21H2,1-6H3,(H,36,42)(H,37,41)(H,38,44)/t24?,25?,26?,27-,28-/m0/s1. The quantitative estimate of drug-likeness (QED) is 0.210. The van der Waals surface area contributed by atoms with Crippen LogP contribution >= 0.6 is 0 Å². The van der Waals surface area contributed by atoms with Gasteiger partial charge in [-0.3, -0.25) is 19.2 Å². The Labute approximate surface area is 269 Å². The van der Waals surface area contributed by atoms with Crippen LogP contribution in [0.2, 0.25) is 0 Å². The molecule has 5 atom stereocenters. The molecule has 0 aromatic rings. The lowest BCUT2D eigenvalue weighted by atomic mass is 9.83. The number of carbonyl (C=O) groups excluding carboxylic acids is 5. The van der Waals surface area contributed by atoms with Crippen LogP contribution in [-0.2, 0) is 23.9 Å². The van der Waals surface area contributed by atoms with E-state index in [2.05, 4.69) is 35.9 Å². The van der Waals surface area contributed by atoms with Gasteiger partial charge in [0.2, 0.25) is 17.6 Å². The molecule has 0 radical (unpaired) electrons. The van der Waals surface area contributed by atoms with Gasteiger partial charge in [0.15, 0.2) is 0 Å². The number of piperidine rings is 1. The predicted molar refractivity (Wildman–Crippen MR) is 172 cm³/mol. The minimum atomic E-state index is -0.969. The maximum Gasteiger partial charge on any atom is 0.408 e. The van der Waals surface area contributed by atoms with Gasteiger partial charge in [-0.05, 0) is 95.3 Å². The molecule has 0 bridgehead atoms. The third-order valence-electron chi connectivity index (χ3n) is 10.4. The van der Waals surface area contributed by atoms with Crippen molar-refractivity contribution in [3.63, 3.8) is 0 Å². The van der Waals surface area contributed by atoms with Crippen molar-refractivity contribution in [1.29, 1.82) is 0 Å². The monoisotopic (exact) mass is 628 g/mol. The van der Waals surface area contributed by atoms with Crippen molar-refractivity contribution >= 4 is 29.6 Å². The Bertz CT molecular complexity index is 1150. The van der Waals surface area contributed by atoms with Crippen molar-refractivity contribution < 1.29 is 28.7 Å². The van der Waals surface area contributed by atoms with E-state index in [-0.39, 0.29) is 29.1 Å². The van der Waals surface area contributed by atoms with Crippen LogP contribution in [0.4, 0.5) is 4.79 Å². The Morgan fingerprint density at radius 3 is 2.36 bits per heavy atom.